The third-order valence-electron chi connectivity index (χ3n) is 3.07. The van der Waals surface area contributed by atoms with Crippen molar-refractivity contribution in [3.63, 3.8) is 0 Å². The zero-order valence-corrected chi connectivity index (χ0v) is 13.0. The molecular formula is C16H23N3O2. The summed E-state index contributed by atoms with van der Waals surface area (Å²) in [6.45, 7) is 7.88. The van der Waals surface area contributed by atoms with Gasteiger partial charge < -0.3 is 15.8 Å². The van der Waals surface area contributed by atoms with Crippen molar-refractivity contribution in [2.24, 2.45) is 11.7 Å². The van der Waals surface area contributed by atoms with Crippen LogP contribution in [0.25, 0.3) is 0 Å². The van der Waals surface area contributed by atoms with Gasteiger partial charge in [0.2, 0.25) is 5.91 Å². The molecule has 0 spiro atoms. The Morgan fingerprint density at radius 1 is 1.38 bits per heavy atom. The molecule has 0 bridgehead atoms. The molecule has 0 saturated carbocycles. The second kappa shape index (κ2) is 7.09. The van der Waals surface area contributed by atoms with E-state index in [9.17, 15) is 4.79 Å². The maximum atomic E-state index is 12.0. The first kappa shape index (κ1) is 17.0. The van der Waals surface area contributed by atoms with Gasteiger partial charge in [0.1, 0.15) is 12.4 Å². The molecule has 0 unspecified atom stereocenters. The molecule has 1 rings (SSSR count). The Morgan fingerprint density at radius 2 is 1.95 bits per heavy atom. The van der Waals surface area contributed by atoms with Crippen LogP contribution in [0.15, 0.2) is 24.3 Å². The number of rotatable bonds is 6. The minimum absolute atomic E-state index is 0.0836. The van der Waals surface area contributed by atoms with E-state index in [4.69, 9.17) is 15.7 Å². The zero-order valence-electron chi connectivity index (χ0n) is 13.0. The largest absolute Gasteiger partial charge is 0.491 e. The van der Waals surface area contributed by atoms with E-state index in [2.05, 4.69) is 5.32 Å². The number of nitrogens with one attached hydrogen (secondary N) is 1. The average molecular weight is 289 g/mol. The van der Waals surface area contributed by atoms with Crippen LogP contribution in [0.5, 0.6) is 5.75 Å². The van der Waals surface area contributed by atoms with E-state index < -0.39 is 11.6 Å². The Balaban J connectivity index is 2.56. The lowest BCUT2D eigenvalue weighted by molar-refractivity contribution is -0.125. The van der Waals surface area contributed by atoms with Gasteiger partial charge in [0, 0.05) is 0 Å². The first-order chi connectivity index (χ1) is 9.75. The van der Waals surface area contributed by atoms with Crippen molar-refractivity contribution >= 4 is 5.91 Å². The maximum absolute atomic E-state index is 12.0. The van der Waals surface area contributed by atoms with Crippen molar-refractivity contribution in [2.45, 2.75) is 39.3 Å². The molecule has 1 amide bonds. The van der Waals surface area contributed by atoms with Gasteiger partial charge in [0.25, 0.3) is 0 Å². The quantitative estimate of drug-likeness (QED) is 0.836. The molecule has 21 heavy (non-hydrogen) atoms. The lowest BCUT2D eigenvalue weighted by Crippen LogP contribution is -2.54. The van der Waals surface area contributed by atoms with Crippen molar-refractivity contribution in [2.75, 3.05) is 6.61 Å². The number of nitrogens with zero attached hydrogens (tertiary/aromatic N) is 1. The van der Waals surface area contributed by atoms with Crippen molar-refractivity contribution in [3.8, 4) is 11.8 Å². The predicted molar refractivity (Wildman–Crippen MR) is 81.7 cm³/mol. The van der Waals surface area contributed by atoms with Gasteiger partial charge in [0.05, 0.1) is 23.2 Å². The van der Waals surface area contributed by atoms with E-state index in [-0.39, 0.29) is 11.8 Å². The van der Waals surface area contributed by atoms with Gasteiger partial charge in [-0.05, 0) is 44.0 Å². The number of carbonyl (C=O) groups excluding carboxylic acids is 1. The van der Waals surface area contributed by atoms with Gasteiger partial charge in [-0.25, -0.2) is 0 Å². The molecule has 0 saturated heterocycles. The van der Waals surface area contributed by atoms with Crippen LogP contribution < -0.4 is 15.8 Å². The lowest BCUT2D eigenvalue weighted by Gasteiger charge is -2.28. The highest BCUT2D eigenvalue weighted by Crippen LogP contribution is 2.14. The molecule has 0 heterocycles. The van der Waals surface area contributed by atoms with E-state index in [1.807, 2.05) is 33.8 Å². The van der Waals surface area contributed by atoms with Gasteiger partial charge >= 0.3 is 0 Å². The maximum Gasteiger partial charge on any atom is 0.237 e. The second-order valence-corrected chi connectivity index (χ2v) is 6.07. The highest BCUT2D eigenvalue weighted by atomic mass is 16.5. The molecule has 0 aliphatic heterocycles. The van der Waals surface area contributed by atoms with Gasteiger partial charge in [-0.15, -0.1) is 0 Å². The average Bonchev–Trinajstić information content (AvgIpc) is 2.44. The number of hydrogen-bond acceptors (Lipinski definition) is 4. The normalized spacial score (nSPS) is 12.6. The summed E-state index contributed by atoms with van der Waals surface area (Å²) in [6, 6.07) is 8.37. The monoisotopic (exact) mass is 289 g/mol. The van der Waals surface area contributed by atoms with Crippen molar-refractivity contribution in [3.05, 3.63) is 29.8 Å². The van der Waals surface area contributed by atoms with E-state index in [1.54, 1.807) is 24.3 Å². The molecule has 0 aliphatic rings. The van der Waals surface area contributed by atoms with Crippen molar-refractivity contribution in [1.29, 1.82) is 5.26 Å². The number of ether oxygens (including phenoxy) is 1. The summed E-state index contributed by atoms with van der Waals surface area (Å²) in [5.41, 5.74) is 5.87. The minimum Gasteiger partial charge on any atom is -0.491 e. The minimum atomic E-state index is -0.530. The molecule has 1 aromatic carbocycles. The third kappa shape index (κ3) is 5.44. The third-order valence-corrected chi connectivity index (χ3v) is 3.07. The summed E-state index contributed by atoms with van der Waals surface area (Å²) in [4.78, 5) is 12.0. The first-order valence-corrected chi connectivity index (χ1v) is 6.96. The fourth-order valence-corrected chi connectivity index (χ4v) is 1.65. The van der Waals surface area contributed by atoms with Crippen LogP contribution >= 0.6 is 0 Å². The molecular weight excluding hydrogens is 266 g/mol. The van der Waals surface area contributed by atoms with Crippen LogP contribution in [-0.2, 0) is 4.79 Å². The lowest BCUT2D eigenvalue weighted by atomic mass is 10.0. The number of carbonyl (C=O) groups is 1. The second-order valence-electron chi connectivity index (χ2n) is 6.07. The van der Waals surface area contributed by atoms with Crippen LogP contribution in [0.1, 0.15) is 33.3 Å². The van der Waals surface area contributed by atoms with Gasteiger partial charge in [-0.1, -0.05) is 13.8 Å². The van der Waals surface area contributed by atoms with Crippen LogP contribution in [0, 0.1) is 17.2 Å². The topological polar surface area (TPSA) is 88.1 Å². The Kier molecular flexibility index (Phi) is 5.74. The van der Waals surface area contributed by atoms with E-state index in [1.165, 1.54) is 0 Å². The number of nitrogens with two attached hydrogens (primary N) is 1. The highest BCUT2D eigenvalue weighted by molar-refractivity contribution is 5.82. The summed E-state index contributed by atoms with van der Waals surface area (Å²) in [5.74, 6) is 0.558. The fraction of sp³-hybridized carbons (Fsp3) is 0.500. The summed E-state index contributed by atoms with van der Waals surface area (Å²) < 4.78 is 5.65. The summed E-state index contributed by atoms with van der Waals surface area (Å²) in [6.07, 6.45) is 0. The van der Waals surface area contributed by atoms with E-state index >= 15 is 0 Å². The molecule has 0 fully saturated rings. The molecule has 1 atom stereocenters. The number of amides is 1. The fourth-order valence-electron chi connectivity index (χ4n) is 1.65. The van der Waals surface area contributed by atoms with E-state index in [0.717, 1.165) is 0 Å². The summed E-state index contributed by atoms with van der Waals surface area (Å²) in [5, 5.41) is 11.6. The van der Waals surface area contributed by atoms with Gasteiger partial charge in [-0.3, -0.25) is 4.79 Å². The van der Waals surface area contributed by atoms with Crippen LogP contribution in [-0.4, -0.2) is 24.1 Å². The van der Waals surface area contributed by atoms with Crippen molar-refractivity contribution < 1.29 is 9.53 Å². The molecule has 0 aromatic heterocycles. The van der Waals surface area contributed by atoms with Gasteiger partial charge in [-0.2, -0.15) is 5.26 Å². The highest BCUT2D eigenvalue weighted by Gasteiger charge is 2.26. The Labute approximate surface area is 126 Å². The number of hydrogen-bond donors (Lipinski definition) is 2. The number of nitriles is 1. The van der Waals surface area contributed by atoms with Crippen LogP contribution in [0.4, 0.5) is 0 Å². The molecule has 5 heteroatoms. The first-order valence-electron chi connectivity index (χ1n) is 6.96. The smallest absolute Gasteiger partial charge is 0.237 e. The van der Waals surface area contributed by atoms with Crippen molar-refractivity contribution in [1.82, 2.24) is 5.32 Å². The molecule has 114 valence electrons. The summed E-state index contributed by atoms with van der Waals surface area (Å²) >= 11 is 0. The molecule has 5 nitrogen and oxygen atoms in total. The summed E-state index contributed by atoms with van der Waals surface area (Å²) in [7, 11) is 0. The Hall–Kier alpha value is -2.06. The SMILES string of the molecule is CC(C)[C@H](N)C(=O)NC(C)(C)COc1ccc(C#N)cc1. The number of benzene rings is 1. The Morgan fingerprint density at radius 3 is 2.43 bits per heavy atom. The standard InChI is InChI=1S/C16H23N3O2/c1-11(2)14(18)15(20)19-16(3,4)10-21-13-7-5-12(9-17)6-8-13/h5-8,11,14H,10,18H2,1-4H3,(H,19,20)/t14-/m0/s1. The van der Waals surface area contributed by atoms with E-state index in [0.29, 0.717) is 17.9 Å². The van der Waals surface area contributed by atoms with Crippen LogP contribution in [0.3, 0.4) is 0 Å². The molecule has 0 aliphatic carbocycles. The predicted octanol–water partition coefficient (Wildman–Crippen LogP) is 1.82. The Bertz CT molecular complexity index is 515. The molecule has 0 radical (unpaired) electrons. The molecule has 3 N–H and O–H groups in total. The molecule has 1 aromatic rings. The van der Waals surface area contributed by atoms with Gasteiger partial charge in [0.15, 0.2) is 0 Å². The van der Waals surface area contributed by atoms with Crippen LogP contribution in [0.2, 0.25) is 0 Å². The zero-order chi connectivity index (χ0) is 16.0.